The maximum absolute atomic E-state index is 13.3. The third-order valence-electron chi connectivity index (χ3n) is 3.16. The maximum Gasteiger partial charge on any atom is 0.340 e. The number of nitrogens with one attached hydrogen (secondary N) is 1. The highest BCUT2D eigenvalue weighted by Gasteiger charge is 2.18. The molecule has 0 saturated carbocycles. The minimum absolute atomic E-state index is 0.0532. The van der Waals surface area contributed by atoms with Crippen LogP contribution in [-0.2, 0) is 19.5 Å². The van der Waals surface area contributed by atoms with Gasteiger partial charge in [-0.05, 0) is 24.3 Å². The summed E-state index contributed by atoms with van der Waals surface area (Å²) >= 11 is 0. The molecule has 11 heteroatoms. The van der Waals surface area contributed by atoms with Crippen LogP contribution < -0.4 is 10.5 Å². The molecule has 2 aromatic carbocycles. The van der Waals surface area contributed by atoms with Crippen LogP contribution in [-0.4, -0.2) is 40.8 Å². The number of anilines is 2. The van der Waals surface area contributed by atoms with Gasteiger partial charge in [-0.15, -0.1) is 0 Å². The second-order valence-corrected chi connectivity index (χ2v) is 6.97. The molecule has 0 fully saturated rings. The molecule has 152 valence electrons. The van der Waals surface area contributed by atoms with Crippen LogP contribution in [0.5, 0.6) is 0 Å². The minimum Gasteiger partial charge on any atom is -0.465 e. The van der Waals surface area contributed by atoms with Gasteiger partial charge in [0.05, 0.1) is 43.0 Å². The van der Waals surface area contributed by atoms with Crippen LogP contribution in [0.3, 0.4) is 0 Å². The van der Waals surface area contributed by atoms with Crippen LogP contribution in [0, 0.1) is 11.6 Å². The topological polar surface area (TPSA) is 125 Å². The van der Waals surface area contributed by atoms with Crippen LogP contribution >= 0.6 is 0 Å². The Labute approximate surface area is 160 Å². The molecule has 0 spiro atoms. The number of methoxy groups -OCH3 is 2. The van der Waals surface area contributed by atoms with Gasteiger partial charge >= 0.3 is 11.9 Å². The predicted octanol–water partition coefficient (Wildman–Crippen LogP) is 2.18. The Morgan fingerprint density at radius 1 is 0.929 bits per heavy atom. The first kappa shape index (κ1) is 22.8. The molecule has 0 aliphatic heterocycles. The largest absolute Gasteiger partial charge is 0.465 e. The molecule has 8 nitrogen and oxygen atoms in total. The molecule has 0 aliphatic rings. The second kappa shape index (κ2) is 9.65. The number of esters is 2. The fourth-order valence-electron chi connectivity index (χ4n) is 1.92. The lowest BCUT2D eigenvalue weighted by Gasteiger charge is -2.09. The molecular formula is C17H18F2N2O6S. The molecule has 2 aromatic rings. The van der Waals surface area contributed by atoms with E-state index in [9.17, 15) is 26.8 Å². The summed E-state index contributed by atoms with van der Waals surface area (Å²) < 4.78 is 58.8. The summed E-state index contributed by atoms with van der Waals surface area (Å²) in [6.07, 6.45) is 0.862. The van der Waals surface area contributed by atoms with Gasteiger partial charge in [-0.3, -0.25) is 4.72 Å². The summed E-state index contributed by atoms with van der Waals surface area (Å²) in [6, 6.07) is 7.58. The van der Waals surface area contributed by atoms with Crippen molar-refractivity contribution in [3.05, 3.63) is 59.2 Å². The Balaban J connectivity index is 0.000000292. The summed E-state index contributed by atoms with van der Waals surface area (Å²) in [5, 5.41) is 0. The Morgan fingerprint density at radius 3 is 1.89 bits per heavy atom. The number of ether oxygens (including phenoxy) is 2. The number of nitrogens with two attached hydrogens (primary N) is 1. The summed E-state index contributed by atoms with van der Waals surface area (Å²) in [5.41, 5.74) is 4.58. The van der Waals surface area contributed by atoms with Crippen molar-refractivity contribution in [3.63, 3.8) is 0 Å². The van der Waals surface area contributed by atoms with Gasteiger partial charge in [-0.1, -0.05) is 12.1 Å². The SMILES string of the molecule is COC(=O)c1cccc(F)c1N.COC(=O)c1cccc(F)c1NS(C)(=O)=O. The Bertz CT molecular complexity index is 980. The van der Waals surface area contributed by atoms with Gasteiger partial charge in [-0.2, -0.15) is 0 Å². The van der Waals surface area contributed by atoms with E-state index in [0.717, 1.165) is 19.4 Å². The number of halogens is 2. The van der Waals surface area contributed by atoms with Crippen molar-refractivity contribution in [1.29, 1.82) is 0 Å². The van der Waals surface area contributed by atoms with Crippen molar-refractivity contribution in [2.24, 2.45) is 0 Å². The number of benzene rings is 2. The summed E-state index contributed by atoms with van der Waals surface area (Å²) in [4.78, 5) is 22.2. The van der Waals surface area contributed by atoms with Gasteiger partial charge in [0.15, 0.2) is 0 Å². The van der Waals surface area contributed by atoms with Crippen molar-refractivity contribution < 1.29 is 36.3 Å². The van der Waals surface area contributed by atoms with E-state index in [1.807, 2.05) is 4.72 Å². The lowest BCUT2D eigenvalue weighted by atomic mass is 10.2. The molecule has 0 atom stereocenters. The van der Waals surface area contributed by atoms with Crippen LogP contribution in [0.2, 0.25) is 0 Å². The summed E-state index contributed by atoms with van der Waals surface area (Å²) in [5.74, 6) is -2.90. The van der Waals surface area contributed by atoms with Crippen LogP contribution in [0.15, 0.2) is 36.4 Å². The van der Waals surface area contributed by atoms with Crippen molar-refractivity contribution in [2.75, 3.05) is 30.9 Å². The number of rotatable bonds is 4. The number of sulfonamides is 1. The van der Waals surface area contributed by atoms with Crippen LogP contribution in [0.4, 0.5) is 20.2 Å². The van der Waals surface area contributed by atoms with Crippen molar-refractivity contribution in [3.8, 4) is 0 Å². The molecule has 0 aromatic heterocycles. The van der Waals surface area contributed by atoms with Gasteiger partial charge in [-0.25, -0.2) is 26.8 Å². The highest BCUT2D eigenvalue weighted by Crippen LogP contribution is 2.21. The van der Waals surface area contributed by atoms with Gasteiger partial charge in [0.2, 0.25) is 10.0 Å². The maximum atomic E-state index is 13.3. The smallest absolute Gasteiger partial charge is 0.340 e. The summed E-state index contributed by atoms with van der Waals surface area (Å²) in [6.45, 7) is 0. The zero-order chi connectivity index (χ0) is 21.5. The van der Waals surface area contributed by atoms with Crippen molar-refractivity contribution in [2.45, 2.75) is 0 Å². The zero-order valence-corrected chi connectivity index (χ0v) is 16.0. The Hall–Kier alpha value is -3.21. The number of hydrogen-bond acceptors (Lipinski definition) is 7. The molecule has 0 bridgehead atoms. The minimum atomic E-state index is -3.66. The van der Waals surface area contributed by atoms with Gasteiger partial charge < -0.3 is 15.2 Å². The number of carbonyl (C=O) groups is 2. The predicted molar refractivity (Wildman–Crippen MR) is 98.4 cm³/mol. The molecular weight excluding hydrogens is 398 g/mol. The first-order valence-corrected chi connectivity index (χ1v) is 9.37. The molecule has 0 aliphatic carbocycles. The van der Waals surface area contributed by atoms with Gasteiger partial charge in [0.1, 0.15) is 11.6 Å². The zero-order valence-electron chi connectivity index (χ0n) is 15.2. The number of hydrogen-bond donors (Lipinski definition) is 2. The standard InChI is InChI=1S/C9H10FNO4S.C8H8FNO2/c1-15-9(12)6-4-3-5-7(10)8(6)11-16(2,13)14;1-12-8(11)5-3-2-4-6(9)7(5)10/h3-5,11H,1-2H3;2-4H,10H2,1H3. The third-order valence-corrected chi connectivity index (χ3v) is 3.74. The van der Waals surface area contributed by atoms with Gasteiger partial charge in [0.25, 0.3) is 0 Å². The first-order chi connectivity index (χ1) is 13.0. The third kappa shape index (κ3) is 6.20. The van der Waals surface area contributed by atoms with E-state index < -0.39 is 39.3 Å². The molecule has 28 heavy (non-hydrogen) atoms. The van der Waals surface area contributed by atoms with E-state index in [1.54, 1.807) is 0 Å². The van der Waals surface area contributed by atoms with E-state index in [4.69, 9.17) is 5.73 Å². The fourth-order valence-corrected chi connectivity index (χ4v) is 2.50. The molecule has 0 saturated heterocycles. The summed E-state index contributed by atoms with van der Waals surface area (Å²) in [7, 11) is -1.32. The Morgan fingerprint density at radius 2 is 1.39 bits per heavy atom. The number of para-hydroxylation sites is 2. The fraction of sp³-hybridized carbons (Fsp3) is 0.176. The highest BCUT2D eigenvalue weighted by atomic mass is 32.2. The lowest BCUT2D eigenvalue weighted by molar-refractivity contribution is 0.0592. The molecule has 0 unspecified atom stereocenters. The first-order valence-electron chi connectivity index (χ1n) is 7.48. The van der Waals surface area contributed by atoms with Crippen LogP contribution in [0.25, 0.3) is 0 Å². The number of carbonyl (C=O) groups excluding carboxylic acids is 2. The molecule has 0 heterocycles. The van der Waals surface area contributed by atoms with E-state index in [-0.39, 0.29) is 16.8 Å². The monoisotopic (exact) mass is 416 g/mol. The highest BCUT2D eigenvalue weighted by molar-refractivity contribution is 7.92. The van der Waals surface area contributed by atoms with Gasteiger partial charge in [0, 0.05) is 0 Å². The van der Waals surface area contributed by atoms with E-state index in [1.165, 1.54) is 37.4 Å². The molecule has 3 N–H and O–H groups in total. The van der Waals surface area contributed by atoms with Crippen LogP contribution in [0.1, 0.15) is 20.7 Å². The van der Waals surface area contributed by atoms with E-state index in [0.29, 0.717) is 0 Å². The average Bonchev–Trinajstić information content (AvgIpc) is 2.64. The number of nitrogen functional groups attached to an aromatic ring is 1. The normalized spacial score (nSPS) is 10.3. The van der Waals surface area contributed by atoms with E-state index >= 15 is 0 Å². The quantitative estimate of drug-likeness (QED) is 0.578. The van der Waals surface area contributed by atoms with E-state index in [2.05, 4.69) is 9.47 Å². The van der Waals surface area contributed by atoms with Crippen molar-refractivity contribution in [1.82, 2.24) is 0 Å². The van der Waals surface area contributed by atoms with Crippen molar-refractivity contribution >= 4 is 33.3 Å². The molecule has 0 amide bonds. The second-order valence-electron chi connectivity index (χ2n) is 5.22. The lowest BCUT2D eigenvalue weighted by Crippen LogP contribution is -2.15. The Kier molecular flexibility index (Phi) is 7.87. The molecule has 2 rings (SSSR count). The average molecular weight is 416 g/mol. The molecule has 0 radical (unpaired) electrons.